The lowest BCUT2D eigenvalue weighted by Crippen LogP contribution is -2.41. The van der Waals surface area contributed by atoms with Crippen molar-refractivity contribution in [3.05, 3.63) is 17.0 Å². The maximum Gasteiger partial charge on any atom is 0.505 e. The van der Waals surface area contributed by atoms with Crippen LogP contribution in [0.2, 0.25) is 0 Å². The van der Waals surface area contributed by atoms with Gasteiger partial charge in [0.25, 0.3) is 0 Å². The maximum atomic E-state index is 9.51. The standard InChI is InChI=1S/C12H19BO3S/c1-8(14)9-6-7-10(17-9)13-15-11(2,3)12(4,5)16-13/h6-8,14H,1-5H3. The Morgan fingerprint density at radius 2 is 1.71 bits per heavy atom. The van der Waals surface area contributed by atoms with E-state index >= 15 is 0 Å². The fraction of sp³-hybridized carbons (Fsp3) is 0.667. The van der Waals surface area contributed by atoms with Crippen molar-refractivity contribution in [3.63, 3.8) is 0 Å². The Balaban J connectivity index is 2.20. The summed E-state index contributed by atoms with van der Waals surface area (Å²) in [6.45, 7) is 9.92. The number of rotatable bonds is 2. The van der Waals surface area contributed by atoms with Gasteiger partial charge in [-0.3, -0.25) is 0 Å². The second-order valence-electron chi connectivity index (χ2n) is 5.50. The summed E-state index contributed by atoms with van der Waals surface area (Å²) in [5, 5.41) is 9.51. The van der Waals surface area contributed by atoms with Gasteiger partial charge in [0, 0.05) is 9.65 Å². The van der Waals surface area contributed by atoms with Crippen molar-refractivity contribution in [3.8, 4) is 0 Å². The lowest BCUT2D eigenvalue weighted by Gasteiger charge is -2.32. The molecular formula is C12H19BO3S. The molecule has 1 atom stereocenters. The first-order valence-corrected chi connectivity index (χ1v) is 6.68. The third-order valence-electron chi connectivity index (χ3n) is 3.54. The molecule has 17 heavy (non-hydrogen) atoms. The summed E-state index contributed by atoms with van der Waals surface area (Å²) in [6, 6.07) is 3.89. The molecular weight excluding hydrogens is 235 g/mol. The SMILES string of the molecule is CC(O)c1ccc(B2OC(C)(C)C(C)(C)O2)s1. The molecule has 1 aliphatic rings. The van der Waals surface area contributed by atoms with Gasteiger partial charge in [-0.15, -0.1) is 11.3 Å². The zero-order valence-electron chi connectivity index (χ0n) is 11.0. The van der Waals surface area contributed by atoms with E-state index in [2.05, 4.69) is 0 Å². The van der Waals surface area contributed by atoms with Crippen LogP contribution in [0, 0.1) is 0 Å². The van der Waals surface area contributed by atoms with E-state index < -0.39 is 6.10 Å². The van der Waals surface area contributed by atoms with E-state index in [0.717, 1.165) is 9.65 Å². The number of aliphatic hydroxyl groups excluding tert-OH is 1. The molecule has 0 radical (unpaired) electrons. The van der Waals surface area contributed by atoms with E-state index in [-0.39, 0.29) is 18.3 Å². The van der Waals surface area contributed by atoms with Gasteiger partial charge in [-0.05, 0) is 40.7 Å². The van der Waals surface area contributed by atoms with E-state index in [0.29, 0.717) is 0 Å². The maximum absolute atomic E-state index is 9.51. The lowest BCUT2D eigenvalue weighted by molar-refractivity contribution is 0.00578. The monoisotopic (exact) mass is 254 g/mol. The largest absolute Gasteiger partial charge is 0.505 e. The highest BCUT2D eigenvalue weighted by Gasteiger charge is 2.52. The second-order valence-corrected chi connectivity index (χ2v) is 6.65. The van der Waals surface area contributed by atoms with Gasteiger partial charge in [0.2, 0.25) is 0 Å². The minimum absolute atomic E-state index is 0.313. The van der Waals surface area contributed by atoms with Gasteiger partial charge < -0.3 is 14.4 Å². The van der Waals surface area contributed by atoms with E-state index in [1.807, 2.05) is 39.8 Å². The van der Waals surface area contributed by atoms with Crippen LogP contribution in [0.15, 0.2) is 12.1 Å². The van der Waals surface area contributed by atoms with Crippen LogP contribution >= 0.6 is 11.3 Å². The first-order chi connectivity index (χ1) is 7.73. The van der Waals surface area contributed by atoms with Crippen molar-refractivity contribution in [2.75, 3.05) is 0 Å². The van der Waals surface area contributed by atoms with Crippen LogP contribution in [0.5, 0.6) is 0 Å². The van der Waals surface area contributed by atoms with Crippen LogP contribution in [0.1, 0.15) is 45.6 Å². The highest BCUT2D eigenvalue weighted by molar-refractivity contribution is 7.22. The summed E-state index contributed by atoms with van der Waals surface area (Å²) in [5.74, 6) is 0. The minimum Gasteiger partial charge on any atom is -0.399 e. The highest BCUT2D eigenvalue weighted by Crippen LogP contribution is 2.37. The molecule has 1 fully saturated rings. The van der Waals surface area contributed by atoms with Gasteiger partial charge >= 0.3 is 7.12 Å². The summed E-state index contributed by atoms with van der Waals surface area (Å²) in [7, 11) is -0.322. The predicted molar refractivity (Wildman–Crippen MR) is 70.7 cm³/mol. The fourth-order valence-corrected chi connectivity index (χ4v) is 2.59. The molecule has 0 spiro atoms. The molecule has 1 unspecified atom stereocenters. The topological polar surface area (TPSA) is 38.7 Å². The molecule has 1 aromatic heterocycles. The number of thiophene rings is 1. The third kappa shape index (κ3) is 2.29. The van der Waals surface area contributed by atoms with E-state index in [1.165, 1.54) is 11.3 Å². The zero-order valence-corrected chi connectivity index (χ0v) is 11.8. The van der Waals surface area contributed by atoms with Crippen LogP contribution in [-0.2, 0) is 9.31 Å². The van der Waals surface area contributed by atoms with Gasteiger partial charge in [-0.1, -0.05) is 6.07 Å². The van der Waals surface area contributed by atoms with Gasteiger partial charge in [-0.25, -0.2) is 0 Å². The minimum atomic E-state index is -0.434. The molecule has 1 saturated heterocycles. The average Bonchev–Trinajstić information content (AvgIpc) is 2.70. The van der Waals surface area contributed by atoms with Gasteiger partial charge in [0.1, 0.15) is 0 Å². The van der Waals surface area contributed by atoms with Crippen molar-refractivity contribution >= 4 is 23.2 Å². The smallest absolute Gasteiger partial charge is 0.399 e. The van der Waals surface area contributed by atoms with Crippen molar-refractivity contribution in [1.29, 1.82) is 0 Å². The van der Waals surface area contributed by atoms with Crippen molar-refractivity contribution in [2.24, 2.45) is 0 Å². The summed E-state index contributed by atoms with van der Waals surface area (Å²) < 4.78 is 12.9. The number of hydrogen-bond acceptors (Lipinski definition) is 4. The van der Waals surface area contributed by atoms with Gasteiger partial charge in [0.05, 0.1) is 17.3 Å². The Kier molecular flexibility index (Phi) is 3.15. The summed E-state index contributed by atoms with van der Waals surface area (Å²) in [6.07, 6.45) is -0.434. The Morgan fingerprint density at radius 3 is 2.12 bits per heavy atom. The quantitative estimate of drug-likeness (QED) is 0.821. The molecule has 0 aromatic carbocycles. The summed E-state index contributed by atoms with van der Waals surface area (Å²) in [4.78, 5) is 0.940. The molecule has 0 amide bonds. The van der Waals surface area contributed by atoms with Crippen molar-refractivity contribution < 1.29 is 14.4 Å². The number of aliphatic hydroxyl groups is 1. The Hall–Kier alpha value is -0.355. The molecule has 1 N–H and O–H groups in total. The average molecular weight is 254 g/mol. The lowest BCUT2D eigenvalue weighted by atomic mass is 9.88. The second kappa shape index (κ2) is 4.09. The molecule has 0 saturated carbocycles. The van der Waals surface area contributed by atoms with Crippen LogP contribution in [-0.4, -0.2) is 23.4 Å². The first-order valence-electron chi connectivity index (χ1n) is 5.86. The van der Waals surface area contributed by atoms with Gasteiger partial charge in [-0.2, -0.15) is 0 Å². The Morgan fingerprint density at radius 1 is 1.18 bits per heavy atom. The molecule has 0 bridgehead atoms. The van der Waals surface area contributed by atoms with Crippen LogP contribution < -0.4 is 4.78 Å². The third-order valence-corrected chi connectivity index (χ3v) is 4.82. The Labute approximate surface area is 107 Å². The molecule has 2 rings (SSSR count). The van der Waals surface area contributed by atoms with Crippen LogP contribution in [0.3, 0.4) is 0 Å². The molecule has 2 heterocycles. The molecule has 1 aliphatic heterocycles. The van der Waals surface area contributed by atoms with Crippen LogP contribution in [0.25, 0.3) is 0 Å². The van der Waals surface area contributed by atoms with E-state index in [9.17, 15) is 5.11 Å². The van der Waals surface area contributed by atoms with Gasteiger partial charge in [0.15, 0.2) is 0 Å². The summed E-state index contributed by atoms with van der Waals surface area (Å²) in [5.41, 5.74) is -0.626. The van der Waals surface area contributed by atoms with Crippen molar-refractivity contribution in [2.45, 2.75) is 51.9 Å². The molecule has 94 valence electrons. The normalized spacial score (nSPS) is 24.0. The highest BCUT2D eigenvalue weighted by atomic mass is 32.1. The summed E-state index contributed by atoms with van der Waals surface area (Å²) >= 11 is 1.54. The fourth-order valence-electron chi connectivity index (χ4n) is 1.68. The predicted octanol–water partition coefficient (Wildman–Crippen LogP) is 2.10. The van der Waals surface area contributed by atoms with E-state index in [1.54, 1.807) is 6.92 Å². The first kappa shape index (κ1) is 13.1. The van der Waals surface area contributed by atoms with Crippen molar-refractivity contribution in [1.82, 2.24) is 0 Å². The molecule has 5 heteroatoms. The number of hydrogen-bond donors (Lipinski definition) is 1. The van der Waals surface area contributed by atoms with Crippen LogP contribution in [0.4, 0.5) is 0 Å². The zero-order chi connectivity index (χ0) is 12.8. The van der Waals surface area contributed by atoms with E-state index in [4.69, 9.17) is 9.31 Å². The molecule has 0 aliphatic carbocycles. The molecule has 3 nitrogen and oxygen atoms in total. The molecule has 1 aromatic rings. The Bertz CT molecular complexity index is 396.